The van der Waals surface area contributed by atoms with Crippen LogP contribution in [-0.2, 0) is 60.4 Å². The number of H-pyrrole nitrogens is 1. The van der Waals surface area contributed by atoms with Crippen LogP contribution in [-0.4, -0.2) is 166 Å². The van der Waals surface area contributed by atoms with E-state index in [1.165, 1.54) is 11.2 Å². The number of hydrogen-bond acceptors (Lipinski definition) is 13. The monoisotopic (exact) mass is 858 g/mol. The first-order valence-corrected chi connectivity index (χ1v) is 21.6. The van der Waals surface area contributed by atoms with Gasteiger partial charge in [0.15, 0.2) is 0 Å². The number of likely N-dealkylation sites (N-methyl/N-ethyl adjacent to an activating group) is 1. The SMILES string of the molecule is CCN1CC(C(O)C(CC2CCCCC2)NC(=O)C(Cc2cnc[nH]2)NC(=O)C(CC(=O)N2CC(OCOCCOC)C(OCOCCOC)C2)Cc2ccccc2)OC1=O. The third kappa shape index (κ3) is 15.3. The van der Waals surface area contributed by atoms with Crippen molar-refractivity contribution in [2.24, 2.45) is 11.8 Å². The minimum Gasteiger partial charge on any atom is -0.441 e. The molecule has 4 N–H and O–H groups in total. The Balaban J connectivity index is 1.31. The molecule has 3 fully saturated rings. The molecule has 2 aromatic rings. The first-order valence-electron chi connectivity index (χ1n) is 21.6. The second-order valence-corrected chi connectivity index (χ2v) is 16.0. The average Bonchev–Trinajstić information content (AvgIpc) is 4.03. The standard InChI is InChI=1S/C43H66N6O12/c1-4-48-26-38(61-43(48)54)40(51)34(20-31-13-9-6-10-14-31)46-42(53)35(22-33-23-44-27-45-33)47-41(52)32(19-30-11-7-5-8-12-30)21-39(50)49-24-36(59-28-57-17-15-55-2)37(25-49)60-29-58-18-16-56-3/h5,7-8,11-12,23,27,31-32,34-38,40,51H,4,6,9-10,13-22,24-26,28-29H2,1-3H3,(H,44,45)(H,46,53)(H,47,52). The number of hydrogen-bond donors (Lipinski definition) is 4. The Morgan fingerprint density at radius 3 is 2.16 bits per heavy atom. The number of aromatic amines is 1. The van der Waals surface area contributed by atoms with Gasteiger partial charge in [-0.3, -0.25) is 14.4 Å². The highest BCUT2D eigenvalue weighted by atomic mass is 16.7. The van der Waals surface area contributed by atoms with Gasteiger partial charge in [0.25, 0.3) is 0 Å². The van der Waals surface area contributed by atoms with Crippen molar-refractivity contribution in [3.05, 3.63) is 54.1 Å². The van der Waals surface area contributed by atoms with E-state index in [1.54, 1.807) is 25.3 Å². The van der Waals surface area contributed by atoms with Gasteiger partial charge in [0.05, 0.1) is 51.3 Å². The summed E-state index contributed by atoms with van der Waals surface area (Å²) < 4.78 is 38.7. The number of nitrogens with one attached hydrogen (secondary N) is 3. The second-order valence-electron chi connectivity index (χ2n) is 16.0. The van der Waals surface area contributed by atoms with Crippen molar-refractivity contribution in [2.75, 3.05) is 80.4 Å². The molecule has 1 saturated carbocycles. The van der Waals surface area contributed by atoms with Gasteiger partial charge in [0.1, 0.15) is 44.0 Å². The number of cyclic esters (lactones) is 1. The van der Waals surface area contributed by atoms with Gasteiger partial charge >= 0.3 is 6.09 Å². The van der Waals surface area contributed by atoms with Crippen molar-refractivity contribution in [1.82, 2.24) is 30.4 Å². The topological polar surface area (TPSA) is 212 Å². The molecule has 5 rings (SSSR count). The summed E-state index contributed by atoms with van der Waals surface area (Å²) in [6, 6.07) is 7.55. The van der Waals surface area contributed by atoms with E-state index in [1.807, 2.05) is 37.3 Å². The van der Waals surface area contributed by atoms with Crippen molar-refractivity contribution in [3.8, 4) is 0 Å². The van der Waals surface area contributed by atoms with Gasteiger partial charge in [-0.2, -0.15) is 0 Å². The molecule has 0 radical (unpaired) electrons. The van der Waals surface area contributed by atoms with E-state index in [0.717, 1.165) is 37.7 Å². The Morgan fingerprint density at radius 1 is 0.902 bits per heavy atom. The number of methoxy groups -OCH3 is 2. The molecule has 0 spiro atoms. The van der Waals surface area contributed by atoms with E-state index in [4.69, 9.17) is 33.2 Å². The Bertz CT molecular complexity index is 1580. The number of amides is 4. The number of aliphatic hydroxyl groups excluding tert-OH is 1. The second kappa shape index (κ2) is 25.7. The Labute approximate surface area is 358 Å². The molecule has 7 atom stereocenters. The maximum atomic E-state index is 14.5. The van der Waals surface area contributed by atoms with E-state index in [2.05, 4.69) is 20.6 Å². The summed E-state index contributed by atoms with van der Waals surface area (Å²) in [7, 11) is 3.16. The molecule has 1 aromatic heterocycles. The van der Waals surface area contributed by atoms with Gasteiger partial charge in [-0.25, -0.2) is 9.78 Å². The number of carbonyl (C=O) groups is 4. The first-order chi connectivity index (χ1) is 29.7. The molecular formula is C43H66N6O12. The molecule has 3 aliphatic rings. The molecule has 2 aliphatic heterocycles. The maximum absolute atomic E-state index is 14.5. The smallest absolute Gasteiger partial charge is 0.410 e. The van der Waals surface area contributed by atoms with E-state index >= 15 is 0 Å². The number of benzene rings is 1. The van der Waals surface area contributed by atoms with Crippen LogP contribution in [0.5, 0.6) is 0 Å². The number of aromatic nitrogens is 2. The van der Waals surface area contributed by atoms with Gasteiger partial charge in [-0.05, 0) is 31.2 Å². The molecule has 2 saturated heterocycles. The van der Waals surface area contributed by atoms with Crippen LogP contribution in [0.4, 0.5) is 4.79 Å². The molecule has 0 bridgehead atoms. The zero-order valence-corrected chi connectivity index (χ0v) is 35.9. The van der Waals surface area contributed by atoms with E-state index in [-0.39, 0.29) is 64.3 Å². The first kappa shape index (κ1) is 47.9. The average molecular weight is 859 g/mol. The van der Waals surface area contributed by atoms with Crippen LogP contribution >= 0.6 is 0 Å². The van der Waals surface area contributed by atoms with Crippen molar-refractivity contribution in [3.63, 3.8) is 0 Å². The summed E-state index contributed by atoms with van der Waals surface area (Å²) in [6.07, 6.45) is 5.38. The van der Waals surface area contributed by atoms with Gasteiger partial charge < -0.3 is 63.7 Å². The molecule has 7 unspecified atom stereocenters. The van der Waals surface area contributed by atoms with Crippen molar-refractivity contribution in [1.29, 1.82) is 0 Å². The Morgan fingerprint density at radius 2 is 1.57 bits per heavy atom. The number of imidazole rings is 1. The number of aliphatic hydroxyl groups is 1. The largest absolute Gasteiger partial charge is 0.441 e. The number of rotatable bonds is 27. The number of likely N-dealkylation sites (tertiary alicyclic amines) is 1. The zero-order chi connectivity index (χ0) is 43.4. The van der Waals surface area contributed by atoms with E-state index < -0.39 is 60.3 Å². The molecule has 3 heterocycles. The molecule has 18 nitrogen and oxygen atoms in total. The third-order valence-electron chi connectivity index (χ3n) is 11.6. The summed E-state index contributed by atoms with van der Waals surface area (Å²) >= 11 is 0. The summed E-state index contributed by atoms with van der Waals surface area (Å²) in [5, 5.41) is 17.7. The van der Waals surface area contributed by atoms with E-state index in [0.29, 0.717) is 45.1 Å². The molecule has 1 aliphatic carbocycles. The number of nitrogens with zero attached hydrogens (tertiary/aromatic N) is 3. The van der Waals surface area contributed by atoms with Crippen molar-refractivity contribution >= 4 is 23.8 Å². The van der Waals surface area contributed by atoms with Gasteiger partial charge in [-0.15, -0.1) is 0 Å². The lowest BCUT2D eigenvalue weighted by Gasteiger charge is -2.33. The summed E-state index contributed by atoms with van der Waals surface area (Å²) in [5.74, 6) is -1.87. The normalized spacial score (nSPS) is 21.5. The molecule has 340 valence electrons. The molecular weight excluding hydrogens is 793 g/mol. The van der Waals surface area contributed by atoms with Crippen molar-refractivity contribution < 1.29 is 57.4 Å². The molecule has 4 amide bonds. The van der Waals surface area contributed by atoms with Gasteiger partial charge in [0.2, 0.25) is 17.7 Å². The van der Waals surface area contributed by atoms with Crippen LogP contribution in [0, 0.1) is 11.8 Å². The molecule has 18 heteroatoms. The number of carbonyl (C=O) groups excluding carboxylic acids is 4. The lowest BCUT2D eigenvalue weighted by molar-refractivity contribution is -0.156. The fourth-order valence-electron chi connectivity index (χ4n) is 8.13. The van der Waals surface area contributed by atoms with Crippen LogP contribution in [0.1, 0.15) is 63.1 Å². The van der Waals surface area contributed by atoms with Gasteiger partial charge in [0, 0.05) is 58.6 Å². The molecule has 1 aromatic carbocycles. The summed E-state index contributed by atoms with van der Waals surface area (Å²) in [4.78, 5) is 65.8. The predicted molar refractivity (Wildman–Crippen MR) is 221 cm³/mol. The Hall–Kier alpha value is -4.17. The highest BCUT2D eigenvalue weighted by molar-refractivity contribution is 5.91. The van der Waals surface area contributed by atoms with Crippen LogP contribution < -0.4 is 10.6 Å². The Kier molecular flexibility index (Phi) is 20.2. The third-order valence-corrected chi connectivity index (χ3v) is 11.6. The van der Waals surface area contributed by atoms with Crippen molar-refractivity contribution in [2.45, 2.75) is 101 Å². The van der Waals surface area contributed by atoms with Crippen LogP contribution in [0.15, 0.2) is 42.9 Å². The fraction of sp³-hybridized carbons (Fsp3) is 0.698. The highest BCUT2D eigenvalue weighted by Crippen LogP contribution is 2.30. The quantitative estimate of drug-likeness (QED) is 0.0751. The minimum absolute atomic E-state index is 0.0270. The number of ether oxygens (including phenoxy) is 7. The molecule has 61 heavy (non-hydrogen) atoms. The predicted octanol–water partition coefficient (Wildman–Crippen LogP) is 2.20. The van der Waals surface area contributed by atoms with Gasteiger partial charge in [-0.1, -0.05) is 62.4 Å². The van der Waals surface area contributed by atoms with Crippen LogP contribution in [0.2, 0.25) is 0 Å². The van der Waals surface area contributed by atoms with Crippen LogP contribution in [0.25, 0.3) is 0 Å². The maximum Gasteiger partial charge on any atom is 0.410 e. The lowest BCUT2D eigenvalue weighted by atomic mass is 9.83. The van der Waals surface area contributed by atoms with Crippen LogP contribution in [0.3, 0.4) is 0 Å². The minimum atomic E-state index is -1.17. The lowest BCUT2D eigenvalue weighted by Crippen LogP contribution is -2.57. The highest BCUT2D eigenvalue weighted by Gasteiger charge is 2.42. The fourth-order valence-corrected chi connectivity index (χ4v) is 8.13. The summed E-state index contributed by atoms with van der Waals surface area (Å²) in [5.41, 5.74) is 1.45. The summed E-state index contributed by atoms with van der Waals surface area (Å²) in [6.45, 7) is 4.31. The van der Waals surface area contributed by atoms with E-state index in [9.17, 15) is 24.3 Å². The zero-order valence-electron chi connectivity index (χ0n) is 35.9.